The number of nitrogens with zero attached hydrogens (tertiary/aromatic N) is 3. The van der Waals surface area contributed by atoms with Gasteiger partial charge in [0.05, 0.1) is 6.04 Å². The van der Waals surface area contributed by atoms with Crippen LogP contribution < -0.4 is 10.6 Å². The fourth-order valence-corrected chi connectivity index (χ4v) is 2.39. The van der Waals surface area contributed by atoms with E-state index in [0.717, 1.165) is 12.2 Å². The van der Waals surface area contributed by atoms with Crippen molar-refractivity contribution in [3.8, 4) is 0 Å². The SMILES string of the molecule is Cc1cc(NC(=O)N[C@H]2CCO[C@@H]2c2nccn2C)no1. The van der Waals surface area contributed by atoms with E-state index in [1.165, 1.54) is 0 Å². The van der Waals surface area contributed by atoms with Gasteiger partial charge in [0.1, 0.15) is 17.7 Å². The molecular formula is C13H17N5O3. The molecule has 1 fully saturated rings. The molecule has 2 aromatic heterocycles. The highest BCUT2D eigenvalue weighted by Crippen LogP contribution is 2.27. The van der Waals surface area contributed by atoms with Crippen molar-refractivity contribution < 1.29 is 14.1 Å². The zero-order chi connectivity index (χ0) is 14.8. The lowest BCUT2D eigenvalue weighted by molar-refractivity contribution is 0.0913. The third kappa shape index (κ3) is 2.89. The maximum atomic E-state index is 12.0. The van der Waals surface area contributed by atoms with Gasteiger partial charge in [-0.05, 0) is 13.3 Å². The smallest absolute Gasteiger partial charge is 0.320 e. The zero-order valence-corrected chi connectivity index (χ0v) is 11.9. The molecule has 0 aliphatic carbocycles. The van der Waals surface area contributed by atoms with Gasteiger partial charge in [0.2, 0.25) is 0 Å². The molecule has 2 amide bonds. The number of aromatic nitrogens is 3. The molecule has 3 heterocycles. The van der Waals surface area contributed by atoms with Gasteiger partial charge in [-0.15, -0.1) is 0 Å². The van der Waals surface area contributed by atoms with Gasteiger partial charge in [-0.3, -0.25) is 5.32 Å². The minimum absolute atomic E-state index is 0.126. The maximum absolute atomic E-state index is 12.0. The quantitative estimate of drug-likeness (QED) is 0.890. The number of urea groups is 1. The molecule has 0 bridgehead atoms. The van der Waals surface area contributed by atoms with Crippen molar-refractivity contribution in [3.63, 3.8) is 0 Å². The van der Waals surface area contributed by atoms with E-state index in [4.69, 9.17) is 9.26 Å². The predicted molar refractivity (Wildman–Crippen MR) is 73.7 cm³/mol. The fraction of sp³-hybridized carbons (Fsp3) is 0.462. The third-order valence-electron chi connectivity index (χ3n) is 3.39. The summed E-state index contributed by atoms with van der Waals surface area (Å²) in [5.74, 6) is 1.83. The number of anilines is 1. The molecule has 2 atom stereocenters. The molecule has 1 saturated heterocycles. The first-order valence-electron chi connectivity index (χ1n) is 6.73. The molecule has 0 saturated carbocycles. The van der Waals surface area contributed by atoms with E-state index in [0.29, 0.717) is 18.2 Å². The van der Waals surface area contributed by atoms with Crippen molar-refractivity contribution in [1.82, 2.24) is 20.0 Å². The highest BCUT2D eigenvalue weighted by molar-refractivity contribution is 5.88. The Kier molecular flexibility index (Phi) is 3.61. The standard InChI is InChI=1S/C13H17N5O3/c1-8-7-10(17-21-8)16-13(19)15-9-3-6-20-11(9)12-14-4-5-18(12)2/h4-5,7,9,11H,3,6H2,1-2H3,(H2,15,16,17,19)/t9-,11-/m0/s1. The van der Waals surface area contributed by atoms with E-state index >= 15 is 0 Å². The third-order valence-corrected chi connectivity index (χ3v) is 3.39. The largest absolute Gasteiger partial charge is 0.368 e. The normalized spacial score (nSPS) is 21.4. The van der Waals surface area contributed by atoms with E-state index in [1.807, 2.05) is 17.8 Å². The van der Waals surface area contributed by atoms with E-state index < -0.39 is 0 Å². The summed E-state index contributed by atoms with van der Waals surface area (Å²) < 4.78 is 12.5. The van der Waals surface area contributed by atoms with E-state index in [-0.39, 0.29) is 18.2 Å². The van der Waals surface area contributed by atoms with Gasteiger partial charge in [0.15, 0.2) is 5.82 Å². The predicted octanol–water partition coefficient (Wildman–Crippen LogP) is 1.37. The second-order valence-electron chi connectivity index (χ2n) is 5.00. The van der Waals surface area contributed by atoms with Crippen LogP contribution in [0.15, 0.2) is 23.0 Å². The van der Waals surface area contributed by atoms with Crippen LogP contribution >= 0.6 is 0 Å². The van der Waals surface area contributed by atoms with Crippen LogP contribution in [0.3, 0.4) is 0 Å². The van der Waals surface area contributed by atoms with Crippen molar-refractivity contribution in [2.75, 3.05) is 11.9 Å². The topological polar surface area (TPSA) is 94.2 Å². The van der Waals surface area contributed by atoms with Gasteiger partial charge in [0.25, 0.3) is 0 Å². The summed E-state index contributed by atoms with van der Waals surface area (Å²) in [5.41, 5.74) is 0. The van der Waals surface area contributed by atoms with E-state index in [9.17, 15) is 4.79 Å². The van der Waals surface area contributed by atoms with Crippen LogP contribution in [0, 0.1) is 6.92 Å². The summed E-state index contributed by atoms with van der Waals surface area (Å²) in [6.45, 7) is 2.35. The highest BCUT2D eigenvalue weighted by Gasteiger charge is 2.33. The Balaban J connectivity index is 1.63. The summed E-state index contributed by atoms with van der Waals surface area (Å²) >= 11 is 0. The number of carbonyl (C=O) groups excluding carboxylic acids is 1. The second kappa shape index (κ2) is 5.57. The Labute approximate surface area is 121 Å². The molecule has 2 aromatic rings. The summed E-state index contributed by atoms with van der Waals surface area (Å²) in [7, 11) is 1.90. The minimum Gasteiger partial charge on any atom is -0.368 e. The van der Waals surface area contributed by atoms with Gasteiger partial charge < -0.3 is 19.1 Å². The van der Waals surface area contributed by atoms with Crippen molar-refractivity contribution in [3.05, 3.63) is 30.0 Å². The Morgan fingerprint density at radius 1 is 1.52 bits per heavy atom. The number of rotatable bonds is 3. The van der Waals surface area contributed by atoms with Crippen LogP contribution in [0.4, 0.5) is 10.6 Å². The molecule has 1 aliphatic heterocycles. The van der Waals surface area contributed by atoms with Gasteiger partial charge in [-0.25, -0.2) is 9.78 Å². The highest BCUT2D eigenvalue weighted by atomic mass is 16.5. The molecule has 0 unspecified atom stereocenters. The number of nitrogens with one attached hydrogen (secondary N) is 2. The van der Waals surface area contributed by atoms with Crippen LogP contribution in [0.2, 0.25) is 0 Å². The second-order valence-corrected chi connectivity index (χ2v) is 5.00. The average molecular weight is 291 g/mol. The number of aryl methyl sites for hydroxylation is 2. The lowest BCUT2D eigenvalue weighted by Gasteiger charge is -2.19. The number of hydrogen-bond acceptors (Lipinski definition) is 5. The molecule has 0 spiro atoms. The van der Waals surface area contributed by atoms with E-state index in [1.54, 1.807) is 19.2 Å². The van der Waals surface area contributed by atoms with Gasteiger partial charge in [-0.1, -0.05) is 5.16 Å². The Bertz CT molecular complexity index is 635. The first-order valence-corrected chi connectivity index (χ1v) is 6.73. The number of hydrogen-bond donors (Lipinski definition) is 2. The summed E-state index contributed by atoms with van der Waals surface area (Å²) in [5, 5.41) is 9.24. The van der Waals surface area contributed by atoms with Gasteiger partial charge >= 0.3 is 6.03 Å². The monoisotopic (exact) mass is 291 g/mol. The van der Waals surface area contributed by atoms with Gasteiger partial charge in [-0.2, -0.15) is 0 Å². The molecule has 8 nitrogen and oxygen atoms in total. The Hall–Kier alpha value is -2.35. The molecule has 0 aromatic carbocycles. The molecule has 0 radical (unpaired) electrons. The van der Waals surface area contributed by atoms with Crippen molar-refractivity contribution in [2.24, 2.45) is 7.05 Å². The van der Waals surface area contributed by atoms with Crippen LogP contribution in [0.25, 0.3) is 0 Å². The van der Waals surface area contributed by atoms with Crippen molar-refractivity contribution >= 4 is 11.8 Å². The first kappa shape index (κ1) is 13.6. The zero-order valence-electron chi connectivity index (χ0n) is 11.9. The van der Waals surface area contributed by atoms with Crippen molar-refractivity contribution in [2.45, 2.75) is 25.5 Å². The van der Waals surface area contributed by atoms with Gasteiger partial charge in [0, 0.05) is 32.1 Å². The minimum atomic E-state index is -0.335. The van der Waals surface area contributed by atoms with E-state index in [2.05, 4.69) is 20.8 Å². The van der Waals surface area contributed by atoms with Crippen LogP contribution in [-0.4, -0.2) is 33.4 Å². The average Bonchev–Trinajstić information content (AvgIpc) is 3.12. The lowest BCUT2D eigenvalue weighted by atomic mass is 10.1. The molecule has 3 rings (SSSR count). The molecule has 112 valence electrons. The van der Waals surface area contributed by atoms with Crippen LogP contribution in [0.5, 0.6) is 0 Å². The fourth-order valence-electron chi connectivity index (χ4n) is 2.39. The molecule has 2 N–H and O–H groups in total. The lowest BCUT2D eigenvalue weighted by Crippen LogP contribution is -2.40. The maximum Gasteiger partial charge on any atom is 0.320 e. The number of carbonyl (C=O) groups is 1. The summed E-state index contributed by atoms with van der Waals surface area (Å²) in [6.07, 6.45) is 4.07. The van der Waals surface area contributed by atoms with Crippen molar-refractivity contribution in [1.29, 1.82) is 0 Å². The first-order chi connectivity index (χ1) is 10.1. The summed E-state index contributed by atoms with van der Waals surface area (Å²) in [6, 6.07) is 1.19. The molecule has 1 aliphatic rings. The Morgan fingerprint density at radius 3 is 3.05 bits per heavy atom. The van der Waals surface area contributed by atoms with Crippen LogP contribution in [0.1, 0.15) is 24.1 Å². The number of ether oxygens (including phenoxy) is 1. The molecule has 8 heteroatoms. The molecule has 21 heavy (non-hydrogen) atoms. The summed E-state index contributed by atoms with van der Waals surface area (Å²) in [4.78, 5) is 16.3. The van der Waals surface area contributed by atoms with Crippen LogP contribution in [-0.2, 0) is 11.8 Å². The number of imidazole rings is 1. The molecular weight excluding hydrogens is 274 g/mol. The number of amides is 2. The Morgan fingerprint density at radius 2 is 2.38 bits per heavy atom.